The number of nitrogens with two attached hydrogens (primary N) is 1. The van der Waals surface area contributed by atoms with Crippen molar-refractivity contribution < 1.29 is 44.3 Å². The third-order valence-electron chi connectivity index (χ3n) is 7.07. The summed E-state index contributed by atoms with van der Waals surface area (Å²) in [6.07, 6.45) is -18.1. The highest BCUT2D eigenvalue weighted by Gasteiger charge is 2.72. The zero-order chi connectivity index (χ0) is 27.0. The molecular weight excluding hydrogens is 515 g/mol. The van der Waals surface area contributed by atoms with Crippen molar-refractivity contribution in [1.29, 1.82) is 0 Å². The van der Waals surface area contributed by atoms with Crippen LogP contribution in [0.25, 0.3) is 11.3 Å². The van der Waals surface area contributed by atoms with Gasteiger partial charge >= 0.3 is 18.0 Å². The second-order valence-electron chi connectivity index (χ2n) is 9.10. The van der Waals surface area contributed by atoms with E-state index in [1.54, 1.807) is 0 Å². The Morgan fingerprint density at radius 2 is 1.64 bits per heavy atom. The van der Waals surface area contributed by atoms with Crippen LogP contribution >= 0.6 is 0 Å². The highest BCUT2D eigenvalue weighted by molar-refractivity contribution is 5.63. The van der Waals surface area contributed by atoms with Crippen molar-refractivity contribution in [3.05, 3.63) is 31.4 Å². The number of ether oxygens (including phenoxy) is 1. The molecule has 1 aliphatic heterocycles. The van der Waals surface area contributed by atoms with Gasteiger partial charge < -0.3 is 10.5 Å². The van der Waals surface area contributed by atoms with E-state index in [2.05, 4.69) is 0 Å². The Morgan fingerprint density at radius 1 is 1.06 bits per heavy atom. The largest absolute Gasteiger partial charge is 0.497 e. The average Bonchev–Trinajstić information content (AvgIpc) is 3.46. The summed E-state index contributed by atoms with van der Waals surface area (Å²) < 4.78 is 131. The SMILES string of the molecule is COC1=c2c(c(=O)[nH]c(=O)n2C2CC2)=C(C(F)F)C(F)C1N1CCC(C(N)(C(F)(F)F)C(F)(F)F)C1. The van der Waals surface area contributed by atoms with Gasteiger partial charge in [0.25, 0.3) is 12.0 Å². The van der Waals surface area contributed by atoms with Crippen LogP contribution in [0.1, 0.15) is 25.3 Å². The first-order valence-electron chi connectivity index (χ1n) is 10.8. The van der Waals surface area contributed by atoms with Crippen molar-refractivity contribution >= 4 is 11.3 Å². The number of aromatic amines is 1. The summed E-state index contributed by atoms with van der Waals surface area (Å²) in [6.45, 7) is -1.63. The summed E-state index contributed by atoms with van der Waals surface area (Å²) >= 11 is 0. The minimum atomic E-state index is -5.91. The Bertz CT molecular complexity index is 1270. The van der Waals surface area contributed by atoms with Crippen molar-refractivity contribution in [3.8, 4) is 0 Å². The molecule has 0 amide bonds. The molecule has 0 spiro atoms. The molecular formula is C20H21F9N4O3. The lowest BCUT2D eigenvalue weighted by Gasteiger charge is -2.39. The van der Waals surface area contributed by atoms with Crippen LogP contribution in [0.3, 0.4) is 0 Å². The Hall–Kier alpha value is -2.49. The predicted octanol–water partition coefficient (Wildman–Crippen LogP) is 0.906. The highest BCUT2D eigenvalue weighted by Crippen LogP contribution is 2.49. The van der Waals surface area contributed by atoms with Gasteiger partial charge in [-0.05, 0) is 25.8 Å². The van der Waals surface area contributed by atoms with Gasteiger partial charge in [-0.25, -0.2) is 18.0 Å². The molecule has 4 rings (SSSR count). The number of alkyl halides is 9. The maximum absolute atomic E-state index is 15.7. The molecule has 202 valence electrons. The zero-order valence-electron chi connectivity index (χ0n) is 18.5. The minimum absolute atomic E-state index is 0.418. The van der Waals surface area contributed by atoms with Gasteiger partial charge in [0.1, 0.15) is 11.8 Å². The Kier molecular flexibility index (Phi) is 6.30. The fourth-order valence-electron chi connectivity index (χ4n) is 5.15. The third kappa shape index (κ3) is 3.83. The smallest absolute Gasteiger partial charge is 0.415 e. The fourth-order valence-corrected chi connectivity index (χ4v) is 5.15. The summed E-state index contributed by atoms with van der Waals surface area (Å²) in [5, 5.41) is -1.30. The van der Waals surface area contributed by atoms with Crippen LogP contribution < -0.4 is 27.6 Å². The van der Waals surface area contributed by atoms with Crippen LogP contribution in [-0.2, 0) is 4.74 Å². The quantitative estimate of drug-likeness (QED) is 0.546. The summed E-state index contributed by atoms with van der Waals surface area (Å²) in [4.78, 5) is 27.7. The molecule has 16 heteroatoms. The second kappa shape index (κ2) is 8.53. The molecule has 3 N–H and O–H groups in total. The molecule has 2 aliphatic carbocycles. The molecule has 36 heavy (non-hydrogen) atoms. The lowest BCUT2D eigenvalue weighted by atomic mass is 9.82. The first kappa shape index (κ1) is 26.6. The summed E-state index contributed by atoms with van der Waals surface area (Å²) in [5.74, 6) is -2.80. The number of fused-ring (bicyclic) bond motifs is 1. The summed E-state index contributed by atoms with van der Waals surface area (Å²) in [7, 11) is 0.974. The van der Waals surface area contributed by atoms with Gasteiger partial charge in [-0.2, -0.15) is 26.3 Å². The molecule has 3 atom stereocenters. The number of rotatable bonds is 5. The van der Waals surface area contributed by atoms with Crippen molar-refractivity contribution in [3.63, 3.8) is 0 Å². The lowest BCUT2D eigenvalue weighted by molar-refractivity contribution is -0.310. The number of hydrogen-bond donors (Lipinski definition) is 2. The maximum Gasteiger partial charge on any atom is 0.415 e. The molecule has 3 unspecified atom stereocenters. The van der Waals surface area contributed by atoms with Crippen LogP contribution in [0.5, 0.6) is 0 Å². The average molecular weight is 536 g/mol. The topological polar surface area (TPSA) is 93.3 Å². The molecule has 2 fully saturated rings. The predicted molar refractivity (Wildman–Crippen MR) is 106 cm³/mol. The second-order valence-corrected chi connectivity index (χ2v) is 9.10. The molecule has 1 aromatic rings. The molecule has 1 aromatic heterocycles. The third-order valence-corrected chi connectivity index (χ3v) is 7.07. The Morgan fingerprint density at radius 3 is 2.11 bits per heavy atom. The van der Waals surface area contributed by atoms with Gasteiger partial charge in [0.05, 0.1) is 17.7 Å². The van der Waals surface area contributed by atoms with E-state index < -0.39 is 101 Å². The van der Waals surface area contributed by atoms with Crippen molar-refractivity contribution in [2.24, 2.45) is 11.7 Å². The van der Waals surface area contributed by atoms with Gasteiger partial charge in [-0.15, -0.1) is 0 Å². The molecule has 1 saturated carbocycles. The van der Waals surface area contributed by atoms with E-state index in [9.17, 15) is 44.7 Å². The first-order valence-corrected chi connectivity index (χ1v) is 10.8. The Labute approximate surface area is 196 Å². The monoisotopic (exact) mass is 536 g/mol. The number of nitrogens with zero attached hydrogens (tertiary/aromatic N) is 2. The van der Waals surface area contributed by atoms with Crippen LogP contribution in [0.4, 0.5) is 39.5 Å². The van der Waals surface area contributed by atoms with Crippen LogP contribution in [0.15, 0.2) is 9.59 Å². The van der Waals surface area contributed by atoms with Crippen LogP contribution in [-0.4, -0.2) is 71.2 Å². The van der Waals surface area contributed by atoms with Gasteiger partial charge in [0.15, 0.2) is 6.17 Å². The number of nitrogens with one attached hydrogen (secondary N) is 1. The molecule has 1 saturated heterocycles. The normalized spacial score (nSPS) is 26.1. The van der Waals surface area contributed by atoms with E-state index in [1.165, 1.54) is 0 Å². The highest BCUT2D eigenvalue weighted by atomic mass is 19.4. The van der Waals surface area contributed by atoms with Gasteiger partial charge in [0.2, 0.25) is 5.54 Å². The minimum Gasteiger partial charge on any atom is -0.497 e. The van der Waals surface area contributed by atoms with E-state index in [-0.39, 0.29) is 0 Å². The van der Waals surface area contributed by atoms with Gasteiger partial charge in [0, 0.05) is 24.1 Å². The zero-order valence-corrected chi connectivity index (χ0v) is 18.5. The lowest BCUT2D eigenvalue weighted by Crippen LogP contribution is -2.68. The number of H-pyrrole nitrogens is 1. The molecule has 0 aromatic carbocycles. The van der Waals surface area contributed by atoms with Crippen LogP contribution in [0, 0.1) is 5.92 Å². The molecule has 2 heterocycles. The van der Waals surface area contributed by atoms with E-state index >= 15 is 4.39 Å². The number of aromatic nitrogens is 2. The number of hydrogen-bond acceptors (Lipinski definition) is 5. The van der Waals surface area contributed by atoms with Crippen molar-refractivity contribution in [1.82, 2.24) is 14.5 Å². The Balaban J connectivity index is 1.91. The van der Waals surface area contributed by atoms with E-state index in [0.717, 1.165) is 16.6 Å². The molecule has 7 nitrogen and oxygen atoms in total. The van der Waals surface area contributed by atoms with Gasteiger partial charge in [-0.3, -0.25) is 19.2 Å². The standard InChI is InChI=1S/C20H21F9N4O3/c1-36-14-12-10(16(34)31-17(35)33(12)8-2-3-8)9(15(22)23)11(21)13(14)32-5-4-7(6-32)18(30,19(24,25)26)20(27,28)29/h7-8,11,13,15H,2-6,30H2,1H3,(H,31,34,35). The van der Waals surface area contributed by atoms with Gasteiger partial charge in [-0.1, -0.05) is 0 Å². The summed E-state index contributed by atoms with van der Waals surface area (Å²) in [6, 6.07) is -2.46. The summed E-state index contributed by atoms with van der Waals surface area (Å²) in [5.41, 5.74) is -3.38. The first-order chi connectivity index (χ1) is 16.6. The number of halogens is 9. The molecule has 0 bridgehead atoms. The van der Waals surface area contributed by atoms with Crippen molar-refractivity contribution in [2.75, 3.05) is 20.2 Å². The van der Waals surface area contributed by atoms with E-state index in [1.807, 2.05) is 4.98 Å². The number of likely N-dealkylation sites (tertiary alicyclic amines) is 1. The van der Waals surface area contributed by atoms with Crippen molar-refractivity contribution in [2.45, 2.75) is 61.8 Å². The van der Waals surface area contributed by atoms with Crippen LogP contribution in [0.2, 0.25) is 0 Å². The molecule has 0 radical (unpaired) electrons. The fraction of sp³-hybridized carbons (Fsp3) is 0.700. The van der Waals surface area contributed by atoms with E-state index in [0.29, 0.717) is 12.8 Å². The number of methoxy groups -OCH3 is 1. The maximum atomic E-state index is 15.7. The molecule has 3 aliphatic rings. The van der Waals surface area contributed by atoms with E-state index in [4.69, 9.17) is 10.5 Å².